The van der Waals surface area contributed by atoms with Gasteiger partial charge in [0, 0.05) is 12.7 Å². The maximum Gasteiger partial charge on any atom is 0.177 e. The molecular formula is C10H16N2OS. The Bertz CT molecular complexity index is 391. The molecule has 1 saturated carbocycles. The van der Waals surface area contributed by atoms with Crippen LogP contribution in [0.4, 0.5) is 0 Å². The van der Waals surface area contributed by atoms with Gasteiger partial charge in [-0.05, 0) is 30.0 Å². The van der Waals surface area contributed by atoms with Crippen molar-refractivity contribution in [1.29, 1.82) is 0 Å². The average Bonchev–Trinajstić information content (AvgIpc) is 2.54. The summed E-state index contributed by atoms with van der Waals surface area (Å²) in [6.45, 7) is 5.53. The van der Waals surface area contributed by atoms with Crippen LogP contribution in [0, 0.1) is 16.1 Å². The van der Waals surface area contributed by atoms with Gasteiger partial charge >= 0.3 is 0 Å². The van der Waals surface area contributed by atoms with Crippen molar-refractivity contribution in [2.45, 2.75) is 33.4 Å². The highest BCUT2D eigenvalue weighted by Gasteiger charge is 2.45. The van der Waals surface area contributed by atoms with Crippen LogP contribution < -0.4 is 0 Å². The second kappa shape index (κ2) is 3.21. The van der Waals surface area contributed by atoms with Crippen molar-refractivity contribution < 1.29 is 5.11 Å². The number of rotatable bonds is 3. The minimum Gasteiger partial charge on any atom is -0.390 e. The van der Waals surface area contributed by atoms with Crippen molar-refractivity contribution in [1.82, 2.24) is 9.55 Å². The highest BCUT2D eigenvalue weighted by molar-refractivity contribution is 7.71. The maximum absolute atomic E-state index is 9.11. The lowest BCUT2D eigenvalue weighted by molar-refractivity contribution is 0.268. The molecule has 1 aromatic heterocycles. The minimum absolute atomic E-state index is 0.0558. The molecule has 0 aliphatic heterocycles. The third kappa shape index (κ3) is 1.64. The number of aromatic nitrogens is 2. The second-order valence-electron chi connectivity index (χ2n) is 4.74. The fourth-order valence-electron chi connectivity index (χ4n) is 1.87. The summed E-state index contributed by atoms with van der Waals surface area (Å²) in [6, 6.07) is 0. The first kappa shape index (κ1) is 9.93. The fraction of sp³-hybridized carbons (Fsp3) is 0.700. The summed E-state index contributed by atoms with van der Waals surface area (Å²) in [5, 5.41) is 9.11. The molecule has 1 atom stereocenters. The van der Waals surface area contributed by atoms with Gasteiger partial charge < -0.3 is 14.7 Å². The number of aromatic amines is 1. The van der Waals surface area contributed by atoms with E-state index < -0.39 is 0 Å². The molecule has 1 unspecified atom stereocenters. The van der Waals surface area contributed by atoms with E-state index in [2.05, 4.69) is 18.8 Å². The Balaban J connectivity index is 2.17. The second-order valence-corrected chi connectivity index (χ2v) is 5.13. The summed E-state index contributed by atoms with van der Waals surface area (Å²) in [4.78, 5) is 2.97. The van der Waals surface area contributed by atoms with Crippen LogP contribution in [0.25, 0.3) is 0 Å². The van der Waals surface area contributed by atoms with Gasteiger partial charge in [0.25, 0.3) is 0 Å². The van der Waals surface area contributed by atoms with Crippen LogP contribution in [-0.4, -0.2) is 14.7 Å². The zero-order valence-electron chi connectivity index (χ0n) is 8.58. The van der Waals surface area contributed by atoms with Gasteiger partial charge in [-0.25, -0.2) is 0 Å². The number of H-pyrrole nitrogens is 1. The van der Waals surface area contributed by atoms with Crippen molar-refractivity contribution in [3.8, 4) is 0 Å². The molecule has 2 rings (SSSR count). The zero-order chi connectivity index (χ0) is 10.3. The molecule has 0 radical (unpaired) electrons. The Labute approximate surface area is 88.8 Å². The van der Waals surface area contributed by atoms with E-state index in [9.17, 15) is 0 Å². The summed E-state index contributed by atoms with van der Waals surface area (Å²) in [7, 11) is 0. The number of nitrogens with one attached hydrogen (secondary N) is 1. The van der Waals surface area contributed by atoms with Crippen molar-refractivity contribution in [3.05, 3.63) is 16.7 Å². The topological polar surface area (TPSA) is 41.0 Å². The fourth-order valence-corrected chi connectivity index (χ4v) is 2.12. The summed E-state index contributed by atoms with van der Waals surface area (Å²) < 4.78 is 2.73. The highest BCUT2D eigenvalue weighted by Crippen LogP contribution is 2.52. The summed E-state index contributed by atoms with van der Waals surface area (Å²) in [5.74, 6) is 0.704. The normalized spacial score (nSPS) is 23.8. The van der Waals surface area contributed by atoms with Gasteiger partial charge in [0.15, 0.2) is 4.77 Å². The molecule has 0 aromatic carbocycles. The van der Waals surface area contributed by atoms with Crippen molar-refractivity contribution in [3.63, 3.8) is 0 Å². The predicted octanol–water partition coefficient (Wildman–Crippen LogP) is 2.08. The largest absolute Gasteiger partial charge is 0.390 e. The van der Waals surface area contributed by atoms with E-state index >= 15 is 0 Å². The lowest BCUT2D eigenvalue weighted by Gasteiger charge is -2.07. The van der Waals surface area contributed by atoms with E-state index in [1.807, 2.05) is 4.57 Å². The molecule has 0 bridgehead atoms. The molecule has 78 valence electrons. The first-order chi connectivity index (χ1) is 6.54. The molecule has 1 aliphatic carbocycles. The van der Waals surface area contributed by atoms with Crippen molar-refractivity contribution >= 4 is 12.2 Å². The zero-order valence-corrected chi connectivity index (χ0v) is 9.40. The lowest BCUT2D eigenvalue weighted by atomic mass is 10.1. The van der Waals surface area contributed by atoms with Gasteiger partial charge in [0.1, 0.15) is 0 Å². The van der Waals surface area contributed by atoms with Crippen LogP contribution in [0.15, 0.2) is 6.20 Å². The van der Waals surface area contributed by atoms with Crippen LogP contribution in [-0.2, 0) is 13.2 Å². The van der Waals surface area contributed by atoms with E-state index in [0.29, 0.717) is 11.3 Å². The SMILES string of the molecule is CC1(C)CC1Cn1c(CO)c[nH]c1=S. The van der Waals surface area contributed by atoms with Gasteiger partial charge in [-0.3, -0.25) is 0 Å². The van der Waals surface area contributed by atoms with Gasteiger partial charge in [-0.2, -0.15) is 0 Å². The number of aliphatic hydroxyl groups is 1. The Morgan fingerprint density at radius 3 is 2.86 bits per heavy atom. The minimum atomic E-state index is 0.0558. The maximum atomic E-state index is 9.11. The third-order valence-corrected chi connectivity index (χ3v) is 3.57. The quantitative estimate of drug-likeness (QED) is 0.753. The Morgan fingerprint density at radius 1 is 1.71 bits per heavy atom. The summed E-state index contributed by atoms with van der Waals surface area (Å²) >= 11 is 5.16. The molecule has 0 saturated heterocycles. The van der Waals surface area contributed by atoms with E-state index in [1.54, 1.807) is 6.20 Å². The number of hydrogen-bond acceptors (Lipinski definition) is 2. The molecule has 0 spiro atoms. The van der Waals surface area contributed by atoms with E-state index in [0.717, 1.165) is 17.0 Å². The van der Waals surface area contributed by atoms with E-state index in [4.69, 9.17) is 17.3 Å². The molecule has 1 heterocycles. The molecule has 2 N–H and O–H groups in total. The van der Waals surface area contributed by atoms with Gasteiger partial charge in [-0.1, -0.05) is 13.8 Å². The Morgan fingerprint density at radius 2 is 2.36 bits per heavy atom. The monoisotopic (exact) mass is 212 g/mol. The molecular weight excluding hydrogens is 196 g/mol. The molecule has 14 heavy (non-hydrogen) atoms. The molecule has 1 fully saturated rings. The predicted molar refractivity (Wildman–Crippen MR) is 57.4 cm³/mol. The molecule has 3 nitrogen and oxygen atoms in total. The lowest BCUT2D eigenvalue weighted by Crippen LogP contribution is -2.07. The number of aliphatic hydroxyl groups excluding tert-OH is 1. The Hall–Kier alpha value is -0.610. The molecule has 1 aromatic rings. The van der Waals surface area contributed by atoms with Gasteiger partial charge in [0.2, 0.25) is 0 Å². The van der Waals surface area contributed by atoms with Crippen molar-refractivity contribution in [2.24, 2.45) is 11.3 Å². The molecule has 1 aliphatic rings. The average molecular weight is 212 g/mol. The van der Waals surface area contributed by atoms with E-state index in [1.165, 1.54) is 6.42 Å². The third-order valence-electron chi connectivity index (χ3n) is 3.24. The first-order valence-electron chi connectivity index (χ1n) is 4.92. The van der Waals surface area contributed by atoms with Crippen LogP contribution in [0.3, 0.4) is 0 Å². The first-order valence-corrected chi connectivity index (χ1v) is 5.33. The molecule has 4 heteroatoms. The number of imidazole rings is 1. The van der Waals surface area contributed by atoms with Gasteiger partial charge in [0.05, 0.1) is 12.3 Å². The highest BCUT2D eigenvalue weighted by atomic mass is 32.1. The van der Waals surface area contributed by atoms with Crippen molar-refractivity contribution in [2.75, 3.05) is 0 Å². The summed E-state index contributed by atoms with van der Waals surface area (Å²) in [5.41, 5.74) is 1.34. The standard InChI is InChI=1S/C10H16N2OS/c1-10(2)3-7(10)5-12-8(6-13)4-11-9(12)14/h4,7,13H,3,5-6H2,1-2H3,(H,11,14). The van der Waals surface area contributed by atoms with E-state index in [-0.39, 0.29) is 6.61 Å². The van der Waals surface area contributed by atoms with Crippen LogP contribution in [0.1, 0.15) is 26.0 Å². The van der Waals surface area contributed by atoms with Crippen LogP contribution >= 0.6 is 12.2 Å². The smallest absolute Gasteiger partial charge is 0.177 e. The van der Waals surface area contributed by atoms with Gasteiger partial charge in [-0.15, -0.1) is 0 Å². The molecule has 0 amide bonds. The number of nitrogens with zero attached hydrogens (tertiary/aromatic N) is 1. The van der Waals surface area contributed by atoms with Crippen LogP contribution in [0.5, 0.6) is 0 Å². The summed E-state index contributed by atoms with van der Waals surface area (Å²) in [6.07, 6.45) is 3.04. The van der Waals surface area contributed by atoms with Crippen LogP contribution in [0.2, 0.25) is 0 Å². The number of hydrogen-bond donors (Lipinski definition) is 2. The Kier molecular flexibility index (Phi) is 2.27.